The van der Waals surface area contributed by atoms with Crippen LogP contribution in [0, 0.1) is 5.82 Å². The number of aliphatic hydroxyl groups is 2. The molecule has 2 aliphatic rings. The lowest BCUT2D eigenvalue weighted by atomic mass is 9.84. The molecule has 3 heterocycles. The standard InChI is InChI=1S/C27H30FN5O3/c28-23-5-7-24(8-6-23)33-25(9-12-29-33)17-27(36)10-13-31(14-11-27)26(35)21-3-1-20(2-4-21)22-18-30-32(19-22)15-16-34/h1-8,12,18-19,25,34,36H,9-11,13-17H2. The van der Waals surface area contributed by atoms with Crippen LogP contribution in [-0.4, -0.2) is 68.4 Å². The maximum absolute atomic E-state index is 13.3. The van der Waals surface area contributed by atoms with E-state index in [1.807, 2.05) is 41.7 Å². The molecule has 8 nitrogen and oxygen atoms in total. The summed E-state index contributed by atoms with van der Waals surface area (Å²) >= 11 is 0. The number of nitrogens with zero attached hydrogens (tertiary/aromatic N) is 5. The van der Waals surface area contributed by atoms with E-state index >= 15 is 0 Å². The van der Waals surface area contributed by atoms with Crippen molar-refractivity contribution in [1.29, 1.82) is 0 Å². The van der Waals surface area contributed by atoms with Crippen LogP contribution in [0.5, 0.6) is 0 Å². The van der Waals surface area contributed by atoms with Crippen molar-refractivity contribution in [2.75, 3.05) is 24.7 Å². The molecule has 188 valence electrons. The van der Waals surface area contributed by atoms with E-state index in [1.165, 1.54) is 12.1 Å². The predicted molar refractivity (Wildman–Crippen MR) is 135 cm³/mol. The number of aromatic nitrogens is 2. The predicted octanol–water partition coefficient (Wildman–Crippen LogP) is 3.30. The highest BCUT2D eigenvalue weighted by Crippen LogP contribution is 2.33. The summed E-state index contributed by atoms with van der Waals surface area (Å²) in [6.07, 6.45) is 7.68. The summed E-state index contributed by atoms with van der Waals surface area (Å²) in [7, 11) is 0. The van der Waals surface area contributed by atoms with Gasteiger partial charge in [0.1, 0.15) is 5.82 Å². The average Bonchev–Trinajstić information content (AvgIpc) is 3.55. The number of rotatable bonds is 7. The molecule has 2 N–H and O–H groups in total. The second-order valence-electron chi connectivity index (χ2n) is 9.52. The number of hydrogen-bond acceptors (Lipinski definition) is 6. The van der Waals surface area contributed by atoms with Crippen LogP contribution in [0.1, 0.15) is 36.0 Å². The Balaban J connectivity index is 1.18. The average molecular weight is 492 g/mol. The number of hydrazone groups is 1. The molecule has 1 fully saturated rings. The van der Waals surface area contributed by atoms with Gasteiger partial charge in [-0.05, 0) is 61.2 Å². The third kappa shape index (κ3) is 5.17. The Morgan fingerprint density at radius 2 is 1.78 bits per heavy atom. The number of likely N-dealkylation sites (tertiary alicyclic amines) is 1. The van der Waals surface area contributed by atoms with Crippen molar-refractivity contribution in [3.05, 3.63) is 72.3 Å². The van der Waals surface area contributed by atoms with Gasteiger partial charge in [-0.2, -0.15) is 10.2 Å². The monoisotopic (exact) mass is 491 g/mol. The fourth-order valence-electron chi connectivity index (χ4n) is 4.99. The van der Waals surface area contributed by atoms with E-state index in [4.69, 9.17) is 5.11 Å². The molecule has 0 spiro atoms. The molecule has 2 aliphatic heterocycles. The molecule has 1 aromatic heterocycles. The second kappa shape index (κ2) is 10.2. The van der Waals surface area contributed by atoms with Crippen molar-refractivity contribution in [3.63, 3.8) is 0 Å². The molecular weight excluding hydrogens is 461 g/mol. The summed E-state index contributed by atoms with van der Waals surface area (Å²) in [5.74, 6) is -0.338. The maximum atomic E-state index is 13.3. The van der Waals surface area contributed by atoms with Crippen LogP contribution in [0.3, 0.4) is 0 Å². The highest BCUT2D eigenvalue weighted by Gasteiger charge is 2.38. The quantitative estimate of drug-likeness (QED) is 0.529. The Kier molecular flexibility index (Phi) is 6.84. The third-order valence-electron chi connectivity index (χ3n) is 7.05. The number of benzene rings is 2. The van der Waals surface area contributed by atoms with Gasteiger partial charge in [-0.25, -0.2) is 4.39 Å². The highest BCUT2D eigenvalue weighted by molar-refractivity contribution is 5.94. The fourth-order valence-corrected chi connectivity index (χ4v) is 4.99. The lowest BCUT2D eigenvalue weighted by Crippen LogP contribution is -2.49. The number of halogens is 1. The number of aliphatic hydroxyl groups excluding tert-OH is 1. The molecule has 36 heavy (non-hydrogen) atoms. The zero-order chi connectivity index (χ0) is 25.1. The summed E-state index contributed by atoms with van der Waals surface area (Å²) in [4.78, 5) is 14.9. The summed E-state index contributed by atoms with van der Waals surface area (Å²) in [5, 5.41) is 30.9. The molecule has 1 amide bonds. The fraction of sp³-hybridized carbons (Fsp3) is 0.370. The first-order valence-corrected chi connectivity index (χ1v) is 12.3. The van der Waals surface area contributed by atoms with E-state index in [2.05, 4.69) is 10.2 Å². The van der Waals surface area contributed by atoms with E-state index < -0.39 is 5.60 Å². The molecular formula is C27H30FN5O3. The first-order valence-electron chi connectivity index (χ1n) is 12.3. The van der Waals surface area contributed by atoms with Crippen molar-refractivity contribution in [2.24, 2.45) is 5.10 Å². The van der Waals surface area contributed by atoms with Crippen molar-refractivity contribution in [3.8, 4) is 11.1 Å². The number of carbonyl (C=O) groups is 1. The largest absolute Gasteiger partial charge is 0.394 e. The molecule has 0 aliphatic carbocycles. The molecule has 0 radical (unpaired) electrons. The Bertz CT molecular complexity index is 1220. The van der Waals surface area contributed by atoms with Crippen LogP contribution in [0.15, 0.2) is 66.0 Å². The normalized spacial score (nSPS) is 19.1. The number of anilines is 1. The summed E-state index contributed by atoms with van der Waals surface area (Å²) < 4.78 is 15.0. The SMILES string of the molecule is O=C(c1ccc(-c2cnn(CCO)c2)cc1)N1CCC(O)(CC2CC=NN2c2ccc(F)cc2)CC1. The van der Waals surface area contributed by atoms with E-state index in [0.29, 0.717) is 50.9 Å². The van der Waals surface area contributed by atoms with Crippen LogP contribution in [-0.2, 0) is 6.54 Å². The van der Waals surface area contributed by atoms with Crippen LogP contribution in [0.2, 0.25) is 0 Å². The smallest absolute Gasteiger partial charge is 0.253 e. The van der Waals surface area contributed by atoms with Crippen molar-refractivity contribution in [2.45, 2.75) is 43.9 Å². The van der Waals surface area contributed by atoms with Crippen molar-refractivity contribution >= 4 is 17.8 Å². The topological polar surface area (TPSA) is 94.2 Å². The lowest BCUT2D eigenvalue weighted by molar-refractivity contribution is -0.0268. The van der Waals surface area contributed by atoms with Crippen LogP contribution >= 0.6 is 0 Å². The minimum Gasteiger partial charge on any atom is -0.394 e. The lowest BCUT2D eigenvalue weighted by Gasteiger charge is -2.40. The molecule has 1 unspecified atom stereocenters. The summed E-state index contributed by atoms with van der Waals surface area (Å²) in [6.45, 7) is 1.43. The first kappa shape index (κ1) is 24.1. The van der Waals surface area contributed by atoms with E-state index in [9.17, 15) is 14.3 Å². The van der Waals surface area contributed by atoms with E-state index in [1.54, 1.807) is 27.9 Å². The first-order chi connectivity index (χ1) is 17.4. The molecule has 0 saturated carbocycles. The molecule has 2 aromatic carbocycles. The summed E-state index contributed by atoms with van der Waals surface area (Å²) in [5.41, 5.74) is 2.41. The third-order valence-corrected chi connectivity index (χ3v) is 7.05. The second-order valence-corrected chi connectivity index (χ2v) is 9.52. The number of hydrogen-bond donors (Lipinski definition) is 2. The van der Waals surface area contributed by atoms with Gasteiger partial charge in [0.2, 0.25) is 0 Å². The number of amides is 1. The number of carbonyl (C=O) groups excluding carboxylic acids is 1. The Hall–Kier alpha value is -3.56. The summed E-state index contributed by atoms with van der Waals surface area (Å²) in [6, 6.07) is 13.7. The van der Waals surface area contributed by atoms with Gasteiger partial charge in [0.25, 0.3) is 5.91 Å². The molecule has 3 aromatic rings. The van der Waals surface area contributed by atoms with Gasteiger partial charge in [-0.1, -0.05) is 12.1 Å². The van der Waals surface area contributed by atoms with Crippen LogP contribution in [0.4, 0.5) is 10.1 Å². The van der Waals surface area contributed by atoms with Gasteiger partial charge in [0.15, 0.2) is 0 Å². The van der Waals surface area contributed by atoms with E-state index in [0.717, 1.165) is 16.8 Å². The van der Waals surface area contributed by atoms with Gasteiger partial charge in [0.05, 0.1) is 36.7 Å². The van der Waals surface area contributed by atoms with E-state index in [-0.39, 0.29) is 24.4 Å². The minimum atomic E-state index is -0.883. The highest BCUT2D eigenvalue weighted by atomic mass is 19.1. The van der Waals surface area contributed by atoms with Gasteiger partial charge in [-0.3, -0.25) is 14.5 Å². The number of piperidine rings is 1. The van der Waals surface area contributed by atoms with Gasteiger partial charge in [0, 0.05) is 43.0 Å². The van der Waals surface area contributed by atoms with Gasteiger partial charge >= 0.3 is 0 Å². The Morgan fingerprint density at radius 1 is 1.06 bits per heavy atom. The van der Waals surface area contributed by atoms with Crippen LogP contribution < -0.4 is 5.01 Å². The van der Waals surface area contributed by atoms with Gasteiger partial charge in [-0.15, -0.1) is 0 Å². The Labute approximate surface area is 209 Å². The molecule has 5 rings (SSSR count). The zero-order valence-electron chi connectivity index (χ0n) is 20.0. The minimum absolute atomic E-state index is 0.00279. The maximum Gasteiger partial charge on any atom is 0.253 e. The molecule has 0 bridgehead atoms. The Morgan fingerprint density at radius 3 is 2.47 bits per heavy atom. The molecule has 1 saturated heterocycles. The zero-order valence-corrected chi connectivity index (χ0v) is 20.0. The molecule has 9 heteroatoms. The van der Waals surface area contributed by atoms with Crippen molar-refractivity contribution in [1.82, 2.24) is 14.7 Å². The van der Waals surface area contributed by atoms with Gasteiger partial charge < -0.3 is 15.1 Å². The van der Waals surface area contributed by atoms with Crippen molar-refractivity contribution < 1.29 is 19.4 Å². The molecule has 1 atom stereocenters. The van der Waals surface area contributed by atoms with Crippen LogP contribution in [0.25, 0.3) is 11.1 Å².